The van der Waals surface area contributed by atoms with Gasteiger partial charge in [0.2, 0.25) is 0 Å². The first-order valence-corrected chi connectivity index (χ1v) is 6.56. The van der Waals surface area contributed by atoms with Crippen molar-refractivity contribution in [3.05, 3.63) is 57.9 Å². The zero-order valence-corrected chi connectivity index (χ0v) is 11.7. The van der Waals surface area contributed by atoms with Crippen LogP contribution >= 0.6 is 15.9 Å². The van der Waals surface area contributed by atoms with E-state index in [4.69, 9.17) is 0 Å². The van der Waals surface area contributed by atoms with E-state index >= 15 is 0 Å². The van der Waals surface area contributed by atoms with Crippen molar-refractivity contribution in [1.82, 2.24) is 4.98 Å². The van der Waals surface area contributed by atoms with Crippen LogP contribution in [0.25, 0.3) is 0 Å². The van der Waals surface area contributed by atoms with E-state index in [-0.39, 0.29) is 5.82 Å². The Kier molecular flexibility index (Phi) is 4.31. The average Bonchev–Trinajstić information content (AvgIpc) is 2.36. The molecule has 0 atom stereocenters. The summed E-state index contributed by atoms with van der Waals surface area (Å²) >= 11 is 3.42. The number of nitrogens with zero attached hydrogens (tertiary/aromatic N) is 1. The smallest absolute Gasteiger partial charge is 0.126 e. The van der Waals surface area contributed by atoms with Crippen LogP contribution in [0.5, 0.6) is 0 Å². The SMILES string of the molecule is Cc1nc(NCCc2ccc(F)cc2)ccc1Br. The number of nitrogens with one attached hydrogen (secondary N) is 1. The largest absolute Gasteiger partial charge is 0.370 e. The van der Waals surface area contributed by atoms with Crippen LogP contribution in [-0.2, 0) is 6.42 Å². The fourth-order valence-corrected chi connectivity index (χ4v) is 1.85. The summed E-state index contributed by atoms with van der Waals surface area (Å²) in [4.78, 5) is 4.40. The Labute approximate surface area is 114 Å². The third kappa shape index (κ3) is 3.53. The van der Waals surface area contributed by atoms with E-state index in [2.05, 4.69) is 26.2 Å². The number of rotatable bonds is 4. The molecule has 0 unspecified atom stereocenters. The molecule has 1 aromatic carbocycles. The van der Waals surface area contributed by atoms with Gasteiger partial charge in [-0.05, 0) is 59.1 Å². The maximum absolute atomic E-state index is 12.7. The van der Waals surface area contributed by atoms with Crippen LogP contribution < -0.4 is 5.32 Å². The number of hydrogen-bond donors (Lipinski definition) is 1. The topological polar surface area (TPSA) is 24.9 Å². The van der Waals surface area contributed by atoms with Gasteiger partial charge in [0, 0.05) is 11.0 Å². The predicted molar refractivity (Wildman–Crippen MR) is 75.3 cm³/mol. The Hall–Kier alpha value is -1.42. The molecule has 1 N–H and O–H groups in total. The van der Waals surface area contributed by atoms with Gasteiger partial charge in [0.15, 0.2) is 0 Å². The summed E-state index contributed by atoms with van der Waals surface area (Å²) in [5, 5.41) is 3.25. The number of benzene rings is 1. The predicted octanol–water partition coefficient (Wildman–Crippen LogP) is 3.95. The Morgan fingerprint density at radius 3 is 2.56 bits per heavy atom. The van der Waals surface area contributed by atoms with Crippen molar-refractivity contribution in [3.63, 3.8) is 0 Å². The van der Waals surface area contributed by atoms with Crippen LogP contribution in [-0.4, -0.2) is 11.5 Å². The highest BCUT2D eigenvalue weighted by Crippen LogP contribution is 2.16. The molecule has 2 aromatic rings. The summed E-state index contributed by atoms with van der Waals surface area (Å²) < 4.78 is 13.7. The molecule has 0 aliphatic rings. The molecular formula is C14H14BrFN2. The minimum atomic E-state index is -0.197. The quantitative estimate of drug-likeness (QED) is 0.925. The van der Waals surface area contributed by atoms with Gasteiger partial charge in [0.25, 0.3) is 0 Å². The number of hydrogen-bond acceptors (Lipinski definition) is 2. The van der Waals surface area contributed by atoms with E-state index in [1.165, 1.54) is 12.1 Å². The first-order chi connectivity index (χ1) is 8.65. The molecule has 0 saturated carbocycles. The van der Waals surface area contributed by atoms with Crippen molar-refractivity contribution in [1.29, 1.82) is 0 Å². The van der Waals surface area contributed by atoms with E-state index in [0.717, 1.165) is 34.5 Å². The summed E-state index contributed by atoms with van der Waals surface area (Å²) in [7, 11) is 0. The molecule has 0 radical (unpaired) electrons. The van der Waals surface area contributed by atoms with E-state index in [9.17, 15) is 4.39 Å². The molecule has 0 aliphatic carbocycles. The number of halogens is 2. The monoisotopic (exact) mass is 308 g/mol. The average molecular weight is 309 g/mol. The van der Waals surface area contributed by atoms with Gasteiger partial charge in [0.05, 0.1) is 5.69 Å². The molecule has 2 nitrogen and oxygen atoms in total. The van der Waals surface area contributed by atoms with Gasteiger partial charge in [-0.3, -0.25) is 0 Å². The molecule has 0 bridgehead atoms. The Balaban J connectivity index is 1.88. The van der Waals surface area contributed by atoms with E-state index in [1.807, 2.05) is 19.1 Å². The number of anilines is 1. The van der Waals surface area contributed by atoms with Crippen molar-refractivity contribution in [3.8, 4) is 0 Å². The first kappa shape index (κ1) is 13.0. The van der Waals surface area contributed by atoms with Crippen LogP contribution in [0.4, 0.5) is 10.2 Å². The van der Waals surface area contributed by atoms with E-state index in [1.54, 1.807) is 12.1 Å². The van der Waals surface area contributed by atoms with E-state index < -0.39 is 0 Å². The lowest BCUT2D eigenvalue weighted by Gasteiger charge is -2.07. The molecule has 1 heterocycles. The minimum Gasteiger partial charge on any atom is -0.370 e. The van der Waals surface area contributed by atoms with Gasteiger partial charge < -0.3 is 5.32 Å². The third-order valence-electron chi connectivity index (χ3n) is 2.65. The summed E-state index contributed by atoms with van der Waals surface area (Å²) in [5.41, 5.74) is 2.07. The fraction of sp³-hybridized carbons (Fsp3) is 0.214. The molecule has 1 aromatic heterocycles. The van der Waals surface area contributed by atoms with Crippen LogP contribution in [0.3, 0.4) is 0 Å². The zero-order chi connectivity index (χ0) is 13.0. The van der Waals surface area contributed by atoms with Gasteiger partial charge in [-0.2, -0.15) is 0 Å². The van der Waals surface area contributed by atoms with E-state index in [0.29, 0.717) is 0 Å². The second kappa shape index (κ2) is 5.96. The summed E-state index contributed by atoms with van der Waals surface area (Å²) in [6.45, 7) is 2.73. The van der Waals surface area contributed by atoms with Crippen molar-refractivity contribution >= 4 is 21.7 Å². The summed E-state index contributed by atoms with van der Waals surface area (Å²) in [6, 6.07) is 10.5. The van der Waals surface area contributed by atoms with Crippen molar-refractivity contribution in [2.75, 3.05) is 11.9 Å². The van der Waals surface area contributed by atoms with Crippen molar-refractivity contribution < 1.29 is 4.39 Å². The maximum atomic E-state index is 12.7. The molecule has 4 heteroatoms. The lowest BCUT2D eigenvalue weighted by atomic mass is 10.1. The molecule has 0 aliphatic heterocycles. The van der Waals surface area contributed by atoms with Gasteiger partial charge in [0.1, 0.15) is 11.6 Å². The fourth-order valence-electron chi connectivity index (χ4n) is 1.63. The molecule has 94 valence electrons. The highest BCUT2D eigenvalue weighted by molar-refractivity contribution is 9.10. The Bertz CT molecular complexity index is 526. The first-order valence-electron chi connectivity index (χ1n) is 5.76. The lowest BCUT2D eigenvalue weighted by Crippen LogP contribution is -2.06. The maximum Gasteiger partial charge on any atom is 0.126 e. The Morgan fingerprint density at radius 2 is 1.89 bits per heavy atom. The van der Waals surface area contributed by atoms with Gasteiger partial charge in [-0.15, -0.1) is 0 Å². The molecule has 2 rings (SSSR count). The van der Waals surface area contributed by atoms with Crippen LogP contribution in [0.2, 0.25) is 0 Å². The second-order valence-corrected chi connectivity index (χ2v) is 4.92. The van der Waals surface area contributed by atoms with Gasteiger partial charge >= 0.3 is 0 Å². The minimum absolute atomic E-state index is 0.197. The number of pyridine rings is 1. The normalized spacial score (nSPS) is 10.4. The van der Waals surface area contributed by atoms with Crippen LogP contribution in [0, 0.1) is 12.7 Å². The van der Waals surface area contributed by atoms with Gasteiger partial charge in [-0.25, -0.2) is 9.37 Å². The lowest BCUT2D eigenvalue weighted by molar-refractivity contribution is 0.627. The summed E-state index contributed by atoms with van der Waals surface area (Å²) in [5.74, 6) is 0.662. The molecule has 0 fully saturated rings. The van der Waals surface area contributed by atoms with Crippen molar-refractivity contribution in [2.45, 2.75) is 13.3 Å². The molecular weight excluding hydrogens is 295 g/mol. The van der Waals surface area contributed by atoms with Crippen LogP contribution in [0.15, 0.2) is 40.9 Å². The highest BCUT2D eigenvalue weighted by atomic mass is 79.9. The highest BCUT2D eigenvalue weighted by Gasteiger charge is 1.99. The zero-order valence-electron chi connectivity index (χ0n) is 10.1. The molecule has 0 saturated heterocycles. The van der Waals surface area contributed by atoms with Crippen molar-refractivity contribution in [2.24, 2.45) is 0 Å². The van der Waals surface area contributed by atoms with Gasteiger partial charge in [-0.1, -0.05) is 12.1 Å². The molecule has 0 spiro atoms. The molecule has 0 amide bonds. The standard InChI is InChI=1S/C14H14BrFN2/c1-10-13(15)6-7-14(18-10)17-9-8-11-2-4-12(16)5-3-11/h2-7H,8-9H2,1H3,(H,17,18). The second-order valence-electron chi connectivity index (χ2n) is 4.07. The molecule has 18 heavy (non-hydrogen) atoms. The summed E-state index contributed by atoms with van der Waals surface area (Å²) in [6.07, 6.45) is 0.844. The van der Waals surface area contributed by atoms with Crippen LogP contribution in [0.1, 0.15) is 11.3 Å². The number of aromatic nitrogens is 1. The number of aryl methyl sites for hydroxylation is 1. The Morgan fingerprint density at radius 1 is 1.17 bits per heavy atom. The third-order valence-corrected chi connectivity index (χ3v) is 3.49.